The van der Waals surface area contributed by atoms with Crippen LogP contribution in [0.15, 0.2) is 4.99 Å². The van der Waals surface area contributed by atoms with Crippen LogP contribution >= 0.6 is 0 Å². The van der Waals surface area contributed by atoms with Gasteiger partial charge in [-0.1, -0.05) is 6.92 Å². The molecule has 0 aromatic rings. The summed E-state index contributed by atoms with van der Waals surface area (Å²) >= 11 is 0. The van der Waals surface area contributed by atoms with Gasteiger partial charge in [-0.25, -0.2) is 0 Å². The van der Waals surface area contributed by atoms with Crippen LogP contribution in [-0.2, 0) is 0 Å². The molecule has 0 radical (unpaired) electrons. The Bertz CT molecular complexity index is 91.3. The van der Waals surface area contributed by atoms with Crippen molar-refractivity contribution in [3.8, 4) is 0 Å². The Kier molecular flexibility index (Phi) is 5.22. The fourth-order valence-electron chi connectivity index (χ4n) is 0.581. The Morgan fingerprint density at radius 1 is 1.50 bits per heavy atom. The average Bonchev–Trinajstić information content (AvgIpc) is 1.99. The first kappa shape index (κ1) is 9.63. The van der Waals surface area contributed by atoms with E-state index >= 15 is 0 Å². The monoisotopic (exact) mass is 142 g/mol. The molecule has 0 heterocycles. The van der Waals surface area contributed by atoms with Crippen LogP contribution in [0.3, 0.4) is 0 Å². The number of nitrogens with zero attached hydrogens (tertiary/aromatic N) is 1. The molecule has 0 aromatic heterocycles. The van der Waals surface area contributed by atoms with Gasteiger partial charge in [0.25, 0.3) is 0 Å². The van der Waals surface area contributed by atoms with E-state index in [1.165, 1.54) is 6.42 Å². The summed E-state index contributed by atoms with van der Waals surface area (Å²) in [5.41, 5.74) is 0. The Morgan fingerprint density at radius 3 is 2.50 bits per heavy atom. The van der Waals surface area contributed by atoms with E-state index in [0.29, 0.717) is 12.1 Å². The predicted molar refractivity (Wildman–Crippen MR) is 46.8 cm³/mol. The molecule has 0 aliphatic heterocycles. The normalized spacial score (nSPS) is 16.3. The topological polar surface area (TPSA) is 24.4 Å². The molecule has 0 aromatic carbocycles. The van der Waals surface area contributed by atoms with Crippen molar-refractivity contribution in [3.05, 3.63) is 0 Å². The van der Waals surface area contributed by atoms with Gasteiger partial charge in [0.15, 0.2) is 0 Å². The fraction of sp³-hybridized carbons (Fsp3) is 0.875. The SMILES string of the molecule is C=NC(C)CNC(C)CC. The molecule has 0 spiro atoms. The molecule has 2 atom stereocenters. The van der Waals surface area contributed by atoms with E-state index < -0.39 is 0 Å². The molecular formula is C8H18N2. The maximum atomic E-state index is 3.88. The molecular weight excluding hydrogens is 124 g/mol. The summed E-state index contributed by atoms with van der Waals surface area (Å²) in [7, 11) is 0. The fourth-order valence-corrected chi connectivity index (χ4v) is 0.581. The first-order valence-electron chi connectivity index (χ1n) is 3.89. The molecule has 0 saturated heterocycles. The lowest BCUT2D eigenvalue weighted by Gasteiger charge is -2.12. The summed E-state index contributed by atoms with van der Waals surface area (Å²) < 4.78 is 0. The molecule has 0 aliphatic carbocycles. The molecule has 0 saturated carbocycles. The minimum absolute atomic E-state index is 0.342. The van der Waals surface area contributed by atoms with Crippen molar-refractivity contribution < 1.29 is 0 Å². The summed E-state index contributed by atoms with van der Waals surface area (Å²) in [5.74, 6) is 0. The summed E-state index contributed by atoms with van der Waals surface area (Å²) in [6.45, 7) is 10.8. The molecule has 10 heavy (non-hydrogen) atoms. The Balaban J connectivity index is 3.25. The summed E-state index contributed by atoms with van der Waals surface area (Å²) in [5, 5.41) is 3.35. The molecule has 2 heteroatoms. The lowest BCUT2D eigenvalue weighted by Crippen LogP contribution is -2.31. The Labute approximate surface area is 63.7 Å². The number of aliphatic imine (C=N–C) groups is 1. The highest BCUT2D eigenvalue weighted by atomic mass is 14.9. The van der Waals surface area contributed by atoms with Crippen LogP contribution in [0.25, 0.3) is 0 Å². The van der Waals surface area contributed by atoms with E-state index in [1.54, 1.807) is 0 Å². The van der Waals surface area contributed by atoms with Crippen LogP contribution in [-0.4, -0.2) is 25.3 Å². The predicted octanol–water partition coefficient (Wildman–Crippen LogP) is 1.46. The summed E-state index contributed by atoms with van der Waals surface area (Å²) in [6.07, 6.45) is 1.17. The third kappa shape index (κ3) is 4.50. The second-order valence-corrected chi connectivity index (χ2v) is 2.75. The lowest BCUT2D eigenvalue weighted by molar-refractivity contribution is 0.508. The van der Waals surface area contributed by atoms with Crippen molar-refractivity contribution in [1.29, 1.82) is 0 Å². The highest BCUT2D eigenvalue weighted by Crippen LogP contribution is 1.90. The molecule has 0 aliphatic rings. The minimum Gasteiger partial charge on any atom is -0.312 e. The van der Waals surface area contributed by atoms with Gasteiger partial charge in [0.2, 0.25) is 0 Å². The second-order valence-electron chi connectivity index (χ2n) is 2.75. The van der Waals surface area contributed by atoms with Crippen molar-refractivity contribution in [2.45, 2.75) is 39.3 Å². The smallest absolute Gasteiger partial charge is 0.0588 e. The number of rotatable bonds is 5. The van der Waals surface area contributed by atoms with Crippen LogP contribution in [0.1, 0.15) is 27.2 Å². The van der Waals surface area contributed by atoms with E-state index in [2.05, 4.69) is 37.8 Å². The summed E-state index contributed by atoms with van der Waals surface area (Å²) in [4.78, 5) is 3.88. The van der Waals surface area contributed by atoms with Crippen LogP contribution in [0, 0.1) is 0 Å². The van der Waals surface area contributed by atoms with Crippen LogP contribution in [0.2, 0.25) is 0 Å². The summed E-state index contributed by atoms with van der Waals surface area (Å²) in [6, 6.07) is 0.943. The zero-order valence-corrected chi connectivity index (χ0v) is 7.22. The molecule has 0 amide bonds. The second kappa shape index (κ2) is 5.42. The highest BCUT2D eigenvalue weighted by molar-refractivity contribution is 5.24. The van der Waals surface area contributed by atoms with E-state index in [0.717, 1.165) is 6.54 Å². The maximum Gasteiger partial charge on any atom is 0.0588 e. The molecule has 2 nitrogen and oxygen atoms in total. The minimum atomic E-state index is 0.342. The van der Waals surface area contributed by atoms with Crippen LogP contribution < -0.4 is 5.32 Å². The molecule has 0 fully saturated rings. The van der Waals surface area contributed by atoms with Crippen molar-refractivity contribution in [2.75, 3.05) is 6.54 Å². The van der Waals surface area contributed by atoms with Gasteiger partial charge < -0.3 is 5.32 Å². The molecule has 1 N–H and O–H groups in total. The number of hydrogen-bond donors (Lipinski definition) is 1. The van der Waals surface area contributed by atoms with Gasteiger partial charge in [0, 0.05) is 12.6 Å². The van der Waals surface area contributed by atoms with Gasteiger partial charge in [0.1, 0.15) is 0 Å². The molecule has 2 unspecified atom stereocenters. The van der Waals surface area contributed by atoms with E-state index in [9.17, 15) is 0 Å². The molecule has 0 bridgehead atoms. The van der Waals surface area contributed by atoms with Crippen molar-refractivity contribution in [3.63, 3.8) is 0 Å². The average molecular weight is 142 g/mol. The first-order valence-corrected chi connectivity index (χ1v) is 3.89. The zero-order chi connectivity index (χ0) is 7.98. The zero-order valence-electron chi connectivity index (χ0n) is 7.22. The van der Waals surface area contributed by atoms with Crippen molar-refractivity contribution in [1.82, 2.24) is 5.32 Å². The van der Waals surface area contributed by atoms with Gasteiger partial charge >= 0.3 is 0 Å². The highest BCUT2D eigenvalue weighted by Gasteiger charge is 1.99. The number of nitrogens with one attached hydrogen (secondary N) is 1. The van der Waals surface area contributed by atoms with Gasteiger partial charge in [-0.3, -0.25) is 4.99 Å². The largest absolute Gasteiger partial charge is 0.312 e. The maximum absolute atomic E-state index is 3.88. The standard InChI is InChI=1S/C8H18N2/c1-5-7(2)10-6-8(3)9-4/h7-8,10H,4-6H2,1-3H3. The van der Waals surface area contributed by atoms with E-state index in [1.807, 2.05) is 0 Å². The van der Waals surface area contributed by atoms with Gasteiger partial charge in [-0.2, -0.15) is 0 Å². The molecule has 60 valence electrons. The van der Waals surface area contributed by atoms with E-state index in [4.69, 9.17) is 0 Å². The van der Waals surface area contributed by atoms with Gasteiger partial charge in [0.05, 0.1) is 6.04 Å². The number of hydrogen-bond acceptors (Lipinski definition) is 2. The molecule has 0 rings (SSSR count). The van der Waals surface area contributed by atoms with E-state index in [-0.39, 0.29) is 0 Å². The quantitative estimate of drug-likeness (QED) is 0.577. The van der Waals surface area contributed by atoms with Crippen molar-refractivity contribution in [2.24, 2.45) is 4.99 Å². The Hall–Kier alpha value is -0.370. The van der Waals surface area contributed by atoms with Crippen LogP contribution in [0.5, 0.6) is 0 Å². The lowest BCUT2D eigenvalue weighted by atomic mass is 10.2. The Morgan fingerprint density at radius 2 is 2.10 bits per heavy atom. The third-order valence-corrected chi connectivity index (χ3v) is 1.69. The van der Waals surface area contributed by atoms with Gasteiger partial charge in [-0.05, 0) is 27.0 Å². The third-order valence-electron chi connectivity index (χ3n) is 1.69. The van der Waals surface area contributed by atoms with Crippen molar-refractivity contribution >= 4 is 6.72 Å². The first-order chi connectivity index (χ1) is 4.70. The van der Waals surface area contributed by atoms with Gasteiger partial charge in [-0.15, -0.1) is 0 Å². The van der Waals surface area contributed by atoms with Crippen LogP contribution in [0.4, 0.5) is 0 Å².